The quantitative estimate of drug-likeness (QED) is 0.419. The van der Waals surface area contributed by atoms with Crippen molar-refractivity contribution in [2.75, 3.05) is 23.4 Å². The van der Waals surface area contributed by atoms with Crippen molar-refractivity contribution in [2.45, 2.75) is 33.0 Å². The van der Waals surface area contributed by atoms with Crippen LogP contribution in [0.2, 0.25) is 0 Å². The van der Waals surface area contributed by atoms with E-state index >= 15 is 0 Å². The minimum Gasteiger partial charge on any atom is -0.478 e. The largest absolute Gasteiger partial charge is 0.478 e. The van der Waals surface area contributed by atoms with Crippen molar-refractivity contribution in [3.05, 3.63) is 53.9 Å². The van der Waals surface area contributed by atoms with Gasteiger partial charge >= 0.3 is 5.97 Å². The highest BCUT2D eigenvalue weighted by Crippen LogP contribution is 2.40. The van der Waals surface area contributed by atoms with Gasteiger partial charge in [-0.3, -0.25) is 4.79 Å². The molecule has 3 aromatic rings. The summed E-state index contributed by atoms with van der Waals surface area (Å²) in [6.45, 7) is 6.28. The molecule has 1 unspecified atom stereocenters. The Morgan fingerprint density at radius 1 is 1.15 bits per heavy atom. The first-order valence-electron chi connectivity index (χ1n) is 11.1. The number of ether oxygens (including phenoxy) is 1. The summed E-state index contributed by atoms with van der Waals surface area (Å²) in [6.07, 6.45) is 5.16. The molecule has 2 aromatic carbocycles. The molecule has 0 amide bonds. The summed E-state index contributed by atoms with van der Waals surface area (Å²) < 4.78 is 9.34. The third-order valence-corrected chi connectivity index (χ3v) is 6.39. The summed E-state index contributed by atoms with van der Waals surface area (Å²) in [5.41, 5.74) is 4.34. The molecule has 1 N–H and O–H groups in total. The van der Waals surface area contributed by atoms with Crippen LogP contribution in [0, 0.1) is 0 Å². The molecule has 0 fully saturated rings. The Morgan fingerprint density at radius 3 is 2.61 bits per heavy atom. The molecule has 0 spiro atoms. The summed E-state index contributed by atoms with van der Waals surface area (Å²) in [5, 5.41) is 9.37. The normalized spacial score (nSPS) is 15.5. The Bertz CT molecular complexity index is 1250. The predicted octanol–water partition coefficient (Wildman–Crippen LogP) is 3.42. The maximum Gasteiger partial charge on any atom is 0.335 e. The minimum atomic E-state index is -0.917. The summed E-state index contributed by atoms with van der Waals surface area (Å²) in [7, 11) is 4.01. The molecule has 4 rings (SSSR count). The van der Waals surface area contributed by atoms with E-state index in [1.54, 1.807) is 18.2 Å². The molecule has 0 aliphatic carbocycles. The Kier molecular flexibility index (Phi) is 6.09. The summed E-state index contributed by atoms with van der Waals surface area (Å²) in [4.78, 5) is 26.6. The zero-order valence-corrected chi connectivity index (χ0v) is 19.4. The van der Waals surface area contributed by atoms with Gasteiger partial charge in [-0.15, -0.1) is 0 Å². The van der Waals surface area contributed by atoms with Gasteiger partial charge in [-0.05, 0) is 44.2 Å². The first-order chi connectivity index (χ1) is 15.9. The van der Waals surface area contributed by atoms with Gasteiger partial charge in [-0.1, -0.05) is 6.08 Å². The molecule has 33 heavy (non-hydrogen) atoms. The van der Waals surface area contributed by atoms with Crippen molar-refractivity contribution in [1.82, 2.24) is 4.57 Å². The van der Waals surface area contributed by atoms with Crippen LogP contribution in [0.15, 0.2) is 42.5 Å². The minimum absolute atomic E-state index is 0.0997. The molecule has 8 nitrogen and oxygen atoms in total. The van der Waals surface area contributed by atoms with Crippen molar-refractivity contribution < 1.29 is 24.0 Å². The van der Waals surface area contributed by atoms with E-state index in [0.29, 0.717) is 17.8 Å². The fraction of sp³-hybridized carbons (Fsp3) is 0.320. The number of imidazole rings is 1. The average Bonchev–Trinajstić information content (AvgIpc) is 3.24. The zero-order chi connectivity index (χ0) is 23.7. The van der Waals surface area contributed by atoms with Gasteiger partial charge in [0.1, 0.15) is 11.9 Å². The molecule has 0 saturated heterocycles. The Hall–Kier alpha value is -3.81. The number of anilines is 2. The van der Waals surface area contributed by atoms with Gasteiger partial charge in [0.25, 0.3) is 12.3 Å². The van der Waals surface area contributed by atoms with Crippen LogP contribution in [0.4, 0.5) is 11.4 Å². The summed E-state index contributed by atoms with van der Waals surface area (Å²) in [5.74, 6) is 0.644. The highest BCUT2D eigenvalue weighted by atomic mass is 16.5. The average molecular weight is 450 g/mol. The number of aromatic nitrogens is 2. The number of rotatable bonds is 8. The van der Waals surface area contributed by atoms with E-state index in [0.717, 1.165) is 47.7 Å². The van der Waals surface area contributed by atoms with Gasteiger partial charge < -0.3 is 19.6 Å². The number of aromatic carboxylic acids is 1. The molecule has 1 atom stereocenters. The number of fused-ring (bicyclic) bond motifs is 2. The van der Waals surface area contributed by atoms with Crippen LogP contribution in [0.25, 0.3) is 17.1 Å². The molecule has 172 valence electrons. The number of hydrogen-bond acceptors (Lipinski definition) is 5. The molecular formula is C25H29N4O4+. The lowest BCUT2D eigenvalue weighted by atomic mass is 10.1. The fourth-order valence-electron chi connectivity index (χ4n) is 4.76. The van der Waals surface area contributed by atoms with Crippen molar-refractivity contribution in [3.8, 4) is 5.75 Å². The third-order valence-electron chi connectivity index (χ3n) is 6.39. The van der Waals surface area contributed by atoms with Crippen LogP contribution in [-0.4, -0.2) is 41.9 Å². The lowest BCUT2D eigenvalue weighted by Gasteiger charge is -2.29. The molecule has 8 heteroatoms. The Morgan fingerprint density at radius 2 is 1.94 bits per heavy atom. The second-order valence-electron chi connectivity index (χ2n) is 8.05. The number of nitrogens with zero attached hydrogens (tertiary/aromatic N) is 4. The van der Waals surface area contributed by atoms with Crippen LogP contribution < -0.4 is 19.1 Å². The highest BCUT2D eigenvalue weighted by molar-refractivity contribution is 5.92. The van der Waals surface area contributed by atoms with E-state index in [-0.39, 0.29) is 6.17 Å². The lowest BCUT2D eigenvalue weighted by molar-refractivity contribution is -0.670. The number of carboxylic acid groups (broad SMARTS) is 1. The van der Waals surface area contributed by atoms with E-state index in [1.165, 1.54) is 0 Å². The van der Waals surface area contributed by atoms with Crippen molar-refractivity contribution >= 4 is 40.9 Å². The van der Waals surface area contributed by atoms with Gasteiger partial charge in [0.15, 0.2) is 11.0 Å². The molecule has 0 bridgehead atoms. The van der Waals surface area contributed by atoms with E-state index < -0.39 is 5.97 Å². The zero-order valence-electron chi connectivity index (χ0n) is 19.4. The smallest absolute Gasteiger partial charge is 0.335 e. The number of carboxylic acids is 1. The second kappa shape index (κ2) is 8.97. The molecule has 1 aromatic heterocycles. The fourth-order valence-corrected chi connectivity index (χ4v) is 4.76. The molecule has 0 radical (unpaired) electrons. The number of carbonyl (C=O) groups excluding carboxylic acids is 1. The van der Waals surface area contributed by atoms with Gasteiger partial charge in [0, 0.05) is 32.2 Å². The SMILES string of the molecule is CCN1c2ccc(C(=O)O)cc2N(C)C1CC=Cc1n(C)c2cc(OC=O)ccc2[n+]1CC. The van der Waals surface area contributed by atoms with Crippen LogP contribution >= 0.6 is 0 Å². The van der Waals surface area contributed by atoms with Gasteiger partial charge in [-0.2, -0.15) is 0 Å². The van der Waals surface area contributed by atoms with Crippen LogP contribution in [-0.2, 0) is 18.4 Å². The van der Waals surface area contributed by atoms with Gasteiger partial charge in [0.2, 0.25) is 0 Å². The molecule has 1 aliphatic rings. The molecule has 0 saturated carbocycles. The number of carbonyl (C=O) groups is 2. The van der Waals surface area contributed by atoms with Crippen LogP contribution in [0.3, 0.4) is 0 Å². The van der Waals surface area contributed by atoms with E-state index in [9.17, 15) is 14.7 Å². The summed E-state index contributed by atoms with van der Waals surface area (Å²) >= 11 is 0. The third kappa shape index (κ3) is 3.82. The molecule has 1 aliphatic heterocycles. The number of benzene rings is 2. The molecule has 2 heterocycles. The summed E-state index contributed by atoms with van der Waals surface area (Å²) in [6, 6.07) is 10.9. The first-order valence-corrected chi connectivity index (χ1v) is 11.1. The Balaban J connectivity index is 1.63. The monoisotopic (exact) mass is 449 g/mol. The first kappa shape index (κ1) is 22.4. The van der Waals surface area contributed by atoms with Crippen molar-refractivity contribution in [2.24, 2.45) is 7.05 Å². The Labute approximate surface area is 192 Å². The van der Waals surface area contributed by atoms with E-state index in [1.807, 2.05) is 32.3 Å². The second-order valence-corrected chi connectivity index (χ2v) is 8.05. The topological polar surface area (TPSA) is 78.9 Å². The molecular weight excluding hydrogens is 420 g/mol. The lowest BCUT2D eigenvalue weighted by Crippen LogP contribution is -2.40. The van der Waals surface area contributed by atoms with Gasteiger partial charge in [-0.25, -0.2) is 13.9 Å². The van der Waals surface area contributed by atoms with Crippen LogP contribution in [0.5, 0.6) is 5.75 Å². The van der Waals surface area contributed by atoms with E-state index in [2.05, 4.69) is 44.9 Å². The van der Waals surface area contributed by atoms with Crippen LogP contribution in [0.1, 0.15) is 36.5 Å². The number of aryl methyl sites for hydroxylation is 2. The standard InChI is InChI=1S/C25H28N4O4/c1-5-28-19-12-10-17(25(31)32)14-21(19)26(3)23(28)8-7-9-24-27(4)22-15-18(33-16-30)11-13-20(22)29(24)6-2/h7,9-16,23H,5-6,8H2,1-4H3/p+1. The predicted molar refractivity (Wildman–Crippen MR) is 128 cm³/mol. The van der Waals surface area contributed by atoms with Crippen molar-refractivity contribution in [1.29, 1.82) is 0 Å². The maximum atomic E-state index is 11.4. The highest BCUT2D eigenvalue weighted by Gasteiger charge is 2.32. The van der Waals surface area contributed by atoms with Gasteiger partial charge in [0.05, 0.1) is 30.5 Å². The maximum absolute atomic E-state index is 11.4. The van der Waals surface area contributed by atoms with Crippen molar-refractivity contribution in [3.63, 3.8) is 0 Å². The van der Waals surface area contributed by atoms with E-state index in [4.69, 9.17) is 4.74 Å². The number of hydrogen-bond donors (Lipinski definition) is 1.